The summed E-state index contributed by atoms with van der Waals surface area (Å²) in [4.78, 5) is 28.2. The fourth-order valence-corrected chi connectivity index (χ4v) is 5.00. The second-order valence-electron chi connectivity index (χ2n) is 7.94. The standard InChI is InChI=1S/C27H27Cl2FN2O2S/c1-2-31-27(34)25(15-19-7-4-3-5-8-19)32(16-20-11-13-21(28)14-12-20)26(33)18-35-17-22-23(29)9-6-10-24(22)30/h3-14,25H,2,15-18H2,1H3,(H,31,34)/t25-/m1/s1. The Morgan fingerprint density at radius 2 is 1.69 bits per heavy atom. The minimum absolute atomic E-state index is 0.0724. The highest BCUT2D eigenvalue weighted by Gasteiger charge is 2.30. The third-order valence-electron chi connectivity index (χ3n) is 5.42. The number of thioether (sulfide) groups is 1. The van der Waals surface area contributed by atoms with Gasteiger partial charge in [0.05, 0.1) is 5.75 Å². The van der Waals surface area contributed by atoms with Gasteiger partial charge in [-0.05, 0) is 42.3 Å². The van der Waals surface area contributed by atoms with Gasteiger partial charge in [0.2, 0.25) is 11.8 Å². The summed E-state index contributed by atoms with van der Waals surface area (Å²) in [6.07, 6.45) is 0.371. The summed E-state index contributed by atoms with van der Waals surface area (Å²) in [6.45, 7) is 2.54. The van der Waals surface area contributed by atoms with Crippen LogP contribution in [0.3, 0.4) is 0 Å². The fraction of sp³-hybridized carbons (Fsp3) is 0.259. The maximum atomic E-state index is 14.2. The Morgan fingerprint density at radius 3 is 2.34 bits per heavy atom. The van der Waals surface area contributed by atoms with Crippen molar-refractivity contribution in [3.05, 3.63) is 105 Å². The Kier molecular flexibility index (Phi) is 10.5. The highest BCUT2D eigenvalue weighted by Crippen LogP contribution is 2.25. The van der Waals surface area contributed by atoms with Crippen molar-refractivity contribution in [2.45, 2.75) is 31.7 Å². The van der Waals surface area contributed by atoms with Crippen LogP contribution in [0, 0.1) is 5.82 Å². The molecule has 0 saturated carbocycles. The molecule has 0 fully saturated rings. The zero-order valence-electron chi connectivity index (χ0n) is 19.3. The molecule has 0 unspecified atom stereocenters. The van der Waals surface area contributed by atoms with Crippen LogP contribution in [0.4, 0.5) is 4.39 Å². The van der Waals surface area contributed by atoms with Crippen LogP contribution in [0.15, 0.2) is 72.8 Å². The first-order valence-electron chi connectivity index (χ1n) is 11.2. The predicted molar refractivity (Wildman–Crippen MR) is 142 cm³/mol. The predicted octanol–water partition coefficient (Wildman–Crippen LogP) is 6.14. The van der Waals surface area contributed by atoms with Gasteiger partial charge in [0.25, 0.3) is 0 Å². The number of hydrogen-bond donors (Lipinski definition) is 1. The van der Waals surface area contributed by atoms with Gasteiger partial charge < -0.3 is 10.2 Å². The van der Waals surface area contributed by atoms with Crippen LogP contribution in [0.1, 0.15) is 23.6 Å². The lowest BCUT2D eigenvalue weighted by molar-refractivity contribution is -0.139. The monoisotopic (exact) mass is 532 g/mol. The number of benzene rings is 3. The van der Waals surface area contributed by atoms with E-state index in [0.717, 1.165) is 11.1 Å². The van der Waals surface area contributed by atoms with E-state index < -0.39 is 11.9 Å². The lowest BCUT2D eigenvalue weighted by Gasteiger charge is -2.31. The van der Waals surface area contributed by atoms with Gasteiger partial charge in [-0.3, -0.25) is 9.59 Å². The molecule has 0 bridgehead atoms. The first-order valence-corrected chi connectivity index (χ1v) is 13.2. The van der Waals surface area contributed by atoms with E-state index >= 15 is 0 Å². The Morgan fingerprint density at radius 1 is 0.971 bits per heavy atom. The van der Waals surface area contributed by atoms with Crippen LogP contribution < -0.4 is 5.32 Å². The molecule has 2 amide bonds. The second-order valence-corrected chi connectivity index (χ2v) is 9.77. The number of carbonyl (C=O) groups is 2. The zero-order chi connectivity index (χ0) is 25.2. The molecule has 0 aliphatic rings. The number of nitrogens with zero attached hydrogens (tertiary/aromatic N) is 1. The largest absolute Gasteiger partial charge is 0.355 e. The van der Waals surface area contributed by atoms with Gasteiger partial charge in [-0.1, -0.05) is 71.7 Å². The molecule has 0 radical (unpaired) electrons. The van der Waals surface area contributed by atoms with Crippen LogP contribution >= 0.6 is 35.0 Å². The van der Waals surface area contributed by atoms with Crippen molar-refractivity contribution in [3.8, 4) is 0 Å². The van der Waals surface area contributed by atoms with E-state index in [2.05, 4.69) is 5.32 Å². The molecule has 3 rings (SSSR count). The van der Waals surface area contributed by atoms with Gasteiger partial charge in [0.15, 0.2) is 0 Å². The van der Waals surface area contributed by atoms with Crippen molar-refractivity contribution in [1.29, 1.82) is 0 Å². The number of likely N-dealkylation sites (N-methyl/N-ethyl adjacent to an activating group) is 1. The van der Waals surface area contributed by atoms with E-state index in [9.17, 15) is 14.0 Å². The van der Waals surface area contributed by atoms with Crippen LogP contribution in [-0.2, 0) is 28.3 Å². The Labute approximate surface area is 219 Å². The minimum atomic E-state index is -0.710. The highest BCUT2D eigenvalue weighted by atomic mass is 35.5. The lowest BCUT2D eigenvalue weighted by atomic mass is 10.0. The topological polar surface area (TPSA) is 49.4 Å². The molecular formula is C27H27Cl2FN2O2S. The van der Waals surface area contributed by atoms with E-state index in [-0.39, 0.29) is 29.9 Å². The molecule has 1 N–H and O–H groups in total. The molecule has 35 heavy (non-hydrogen) atoms. The summed E-state index contributed by atoms with van der Waals surface area (Å²) in [5.41, 5.74) is 2.16. The second kappa shape index (κ2) is 13.5. The van der Waals surface area contributed by atoms with Gasteiger partial charge in [-0.25, -0.2) is 4.39 Å². The van der Waals surface area contributed by atoms with E-state index in [0.29, 0.717) is 28.6 Å². The summed E-state index contributed by atoms with van der Waals surface area (Å²) >= 11 is 13.4. The van der Waals surface area contributed by atoms with E-state index in [1.807, 2.05) is 49.4 Å². The van der Waals surface area contributed by atoms with Crippen LogP contribution in [0.5, 0.6) is 0 Å². The number of nitrogens with one attached hydrogen (secondary N) is 1. The van der Waals surface area contributed by atoms with Gasteiger partial charge in [0.1, 0.15) is 11.9 Å². The molecule has 0 spiro atoms. The van der Waals surface area contributed by atoms with Gasteiger partial charge in [0, 0.05) is 40.9 Å². The van der Waals surface area contributed by atoms with Gasteiger partial charge in [-0.2, -0.15) is 0 Å². The van der Waals surface area contributed by atoms with Gasteiger partial charge in [-0.15, -0.1) is 11.8 Å². The van der Waals surface area contributed by atoms with Crippen LogP contribution in [0.25, 0.3) is 0 Å². The van der Waals surface area contributed by atoms with Crippen molar-refractivity contribution in [3.63, 3.8) is 0 Å². The van der Waals surface area contributed by atoms with E-state index in [1.54, 1.807) is 29.2 Å². The maximum Gasteiger partial charge on any atom is 0.243 e. The minimum Gasteiger partial charge on any atom is -0.355 e. The molecule has 0 aromatic heterocycles. The average Bonchev–Trinajstić information content (AvgIpc) is 2.85. The Balaban J connectivity index is 1.84. The summed E-state index contributed by atoms with van der Waals surface area (Å²) in [7, 11) is 0. The highest BCUT2D eigenvalue weighted by molar-refractivity contribution is 7.99. The molecule has 8 heteroatoms. The molecule has 1 atom stereocenters. The SMILES string of the molecule is CCNC(=O)[C@@H](Cc1ccccc1)N(Cc1ccc(Cl)cc1)C(=O)CSCc1c(F)cccc1Cl. The number of rotatable bonds is 11. The summed E-state index contributed by atoms with van der Waals surface area (Å²) < 4.78 is 14.2. The van der Waals surface area contributed by atoms with Crippen molar-refractivity contribution in [1.82, 2.24) is 10.2 Å². The smallest absolute Gasteiger partial charge is 0.243 e. The summed E-state index contributed by atoms with van der Waals surface area (Å²) in [5, 5.41) is 3.78. The number of hydrogen-bond acceptors (Lipinski definition) is 3. The molecule has 3 aromatic rings. The van der Waals surface area contributed by atoms with Crippen molar-refractivity contribution in [2.75, 3.05) is 12.3 Å². The third kappa shape index (κ3) is 7.99. The molecule has 184 valence electrons. The van der Waals surface area contributed by atoms with E-state index in [4.69, 9.17) is 23.2 Å². The molecule has 0 aliphatic carbocycles. The first-order chi connectivity index (χ1) is 16.9. The van der Waals surface area contributed by atoms with Gasteiger partial charge >= 0.3 is 0 Å². The summed E-state index contributed by atoms with van der Waals surface area (Å²) in [6, 6.07) is 20.6. The molecule has 0 aliphatic heterocycles. The Hall–Kier alpha value is -2.54. The molecular weight excluding hydrogens is 506 g/mol. The number of amides is 2. The maximum absolute atomic E-state index is 14.2. The molecule has 0 heterocycles. The van der Waals surface area contributed by atoms with Crippen LogP contribution in [-0.4, -0.2) is 35.1 Å². The quantitative estimate of drug-likeness (QED) is 0.322. The Bertz CT molecular complexity index is 1110. The zero-order valence-corrected chi connectivity index (χ0v) is 21.7. The van der Waals surface area contributed by atoms with Crippen LogP contribution in [0.2, 0.25) is 10.0 Å². The molecule has 0 saturated heterocycles. The number of carbonyl (C=O) groups excluding carboxylic acids is 2. The third-order valence-corrected chi connectivity index (χ3v) is 6.97. The first kappa shape index (κ1) is 27.1. The van der Waals surface area contributed by atoms with Crippen molar-refractivity contribution in [2.24, 2.45) is 0 Å². The molecule has 4 nitrogen and oxygen atoms in total. The average molecular weight is 533 g/mol. The lowest BCUT2D eigenvalue weighted by Crippen LogP contribution is -2.51. The molecule has 3 aromatic carbocycles. The van der Waals surface area contributed by atoms with Crippen molar-refractivity contribution >= 4 is 46.8 Å². The fourth-order valence-electron chi connectivity index (χ4n) is 3.63. The number of halogens is 3. The summed E-state index contributed by atoms with van der Waals surface area (Å²) in [5.74, 6) is -0.524. The van der Waals surface area contributed by atoms with Crippen molar-refractivity contribution < 1.29 is 14.0 Å². The normalized spacial score (nSPS) is 11.7. The van der Waals surface area contributed by atoms with E-state index in [1.165, 1.54) is 17.8 Å².